The Morgan fingerprint density at radius 1 is 1.10 bits per heavy atom. The van der Waals surface area contributed by atoms with Crippen LogP contribution in [0.3, 0.4) is 0 Å². The second kappa shape index (κ2) is 8.73. The van der Waals surface area contributed by atoms with Crippen LogP contribution in [0.25, 0.3) is 5.69 Å². The maximum Gasteiger partial charge on any atom is 0.278 e. The number of aromatic nitrogens is 3. The molecule has 156 valence electrons. The summed E-state index contributed by atoms with van der Waals surface area (Å²) in [7, 11) is 2.14. The van der Waals surface area contributed by atoms with Crippen molar-refractivity contribution in [2.75, 3.05) is 38.5 Å². The third-order valence-corrected chi connectivity index (χ3v) is 5.37. The van der Waals surface area contributed by atoms with Crippen LogP contribution in [0.4, 0.5) is 10.1 Å². The van der Waals surface area contributed by atoms with E-state index in [4.69, 9.17) is 0 Å². The van der Waals surface area contributed by atoms with Crippen LogP contribution < -0.4 is 5.32 Å². The lowest BCUT2D eigenvalue weighted by atomic mass is 10.1. The molecule has 0 atom stereocenters. The molecule has 1 aliphatic rings. The summed E-state index contributed by atoms with van der Waals surface area (Å²) >= 11 is 0. The van der Waals surface area contributed by atoms with E-state index in [9.17, 15) is 9.18 Å². The molecular weight excluding hydrogens is 383 g/mol. The van der Waals surface area contributed by atoms with Crippen molar-refractivity contribution in [3.8, 4) is 5.69 Å². The minimum Gasteiger partial charge on any atom is -0.321 e. The molecule has 0 bridgehead atoms. The van der Waals surface area contributed by atoms with E-state index >= 15 is 0 Å². The van der Waals surface area contributed by atoms with Gasteiger partial charge in [-0.3, -0.25) is 9.69 Å². The minimum absolute atomic E-state index is 0.240. The number of halogens is 1. The van der Waals surface area contributed by atoms with E-state index in [1.165, 1.54) is 16.8 Å². The number of hydrogen-bond acceptors (Lipinski definition) is 5. The molecular formula is C22H25FN6O. The lowest BCUT2D eigenvalue weighted by Gasteiger charge is -2.32. The van der Waals surface area contributed by atoms with E-state index < -0.39 is 0 Å². The predicted molar refractivity (Wildman–Crippen MR) is 113 cm³/mol. The highest BCUT2D eigenvalue weighted by molar-refractivity contribution is 6.03. The van der Waals surface area contributed by atoms with Crippen LogP contribution in [-0.4, -0.2) is 63.9 Å². The molecule has 0 radical (unpaired) electrons. The van der Waals surface area contributed by atoms with E-state index in [0.717, 1.165) is 44.0 Å². The summed E-state index contributed by atoms with van der Waals surface area (Å²) in [4.78, 5) is 17.5. The number of carbonyl (C=O) groups is 1. The quantitative estimate of drug-likeness (QED) is 0.703. The van der Waals surface area contributed by atoms with Crippen molar-refractivity contribution in [3.05, 3.63) is 71.3 Å². The standard InChI is InChI=1S/C22H25FN6O/c1-16-21(25-26-29(16)20-8-6-18(23)7-9-20)22(30)24-19-5-3-4-17(14-19)15-28-12-10-27(2)11-13-28/h3-9,14H,10-13,15H2,1-2H3,(H,24,30). The SMILES string of the molecule is Cc1c(C(=O)Nc2cccc(CN3CCN(C)CC3)c2)nnn1-c1ccc(F)cc1. The third-order valence-electron chi connectivity index (χ3n) is 5.37. The molecule has 30 heavy (non-hydrogen) atoms. The van der Waals surface area contributed by atoms with Gasteiger partial charge in [-0.25, -0.2) is 9.07 Å². The molecule has 0 aliphatic carbocycles. The number of hydrogen-bond donors (Lipinski definition) is 1. The molecule has 0 spiro atoms. The molecule has 2 aromatic carbocycles. The third kappa shape index (κ3) is 4.55. The molecule has 7 nitrogen and oxygen atoms in total. The van der Waals surface area contributed by atoms with Crippen molar-refractivity contribution in [1.29, 1.82) is 0 Å². The summed E-state index contributed by atoms with van der Waals surface area (Å²) < 4.78 is 14.7. The Bertz CT molecular complexity index is 1020. The Balaban J connectivity index is 1.45. The van der Waals surface area contributed by atoms with Crippen LogP contribution in [0.1, 0.15) is 21.7 Å². The summed E-state index contributed by atoms with van der Waals surface area (Å²) in [6.07, 6.45) is 0. The molecule has 1 aromatic heterocycles. The largest absolute Gasteiger partial charge is 0.321 e. The fourth-order valence-corrected chi connectivity index (χ4v) is 3.57. The van der Waals surface area contributed by atoms with Crippen LogP contribution >= 0.6 is 0 Å². The van der Waals surface area contributed by atoms with Gasteiger partial charge in [-0.1, -0.05) is 17.3 Å². The van der Waals surface area contributed by atoms with Gasteiger partial charge in [0, 0.05) is 38.4 Å². The highest BCUT2D eigenvalue weighted by atomic mass is 19.1. The molecule has 1 amide bonds. The van der Waals surface area contributed by atoms with Gasteiger partial charge < -0.3 is 10.2 Å². The first-order valence-electron chi connectivity index (χ1n) is 9.99. The number of nitrogens with one attached hydrogen (secondary N) is 1. The highest BCUT2D eigenvalue weighted by Crippen LogP contribution is 2.17. The molecule has 4 rings (SSSR count). The zero-order valence-electron chi connectivity index (χ0n) is 17.2. The van der Waals surface area contributed by atoms with Crippen molar-refractivity contribution >= 4 is 11.6 Å². The van der Waals surface area contributed by atoms with Crippen LogP contribution in [0, 0.1) is 12.7 Å². The normalized spacial score (nSPS) is 15.3. The maximum absolute atomic E-state index is 13.2. The van der Waals surface area contributed by atoms with Gasteiger partial charge in [0.1, 0.15) is 5.82 Å². The Morgan fingerprint density at radius 3 is 2.57 bits per heavy atom. The molecule has 8 heteroatoms. The van der Waals surface area contributed by atoms with Crippen molar-refractivity contribution in [2.24, 2.45) is 0 Å². The van der Waals surface area contributed by atoms with Crippen molar-refractivity contribution < 1.29 is 9.18 Å². The van der Waals surface area contributed by atoms with Crippen LogP contribution in [0.15, 0.2) is 48.5 Å². The molecule has 1 saturated heterocycles. The van der Waals surface area contributed by atoms with Gasteiger partial charge in [-0.05, 0) is 55.9 Å². The van der Waals surface area contributed by atoms with E-state index in [0.29, 0.717) is 11.4 Å². The van der Waals surface area contributed by atoms with Crippen LogP contribution in [-0.2, 0) is 6.54 Å². The summed E-state index contributed by atoms with van der Waals surface area (Å²) in [6.45, 7) is 6.84. The lowest BCUT2D eigenvalue weighted by molar-refractivity contribution is 0.102. The summed E-state index contributed by atoms with van der Waals surface area (Å²) in [5, 5.41) is 11.0. The first kappa shape index (κ1) is 20.2. The lowest BCUT2D eigenvalue weighted by Crippen LogP contribution is -2.43. The number of piperazine rings is 1. The molecule has 0 saturated carbocycles. The summed E-state index contributed by atoms with van der Waals surface area (Å²) in [5.41, 5.74) is 3.36. The second-order valence-electron chi connectivity index (χ2n) is 7.65. The van der Waals surface area contributed by atoms with E-state index in [1.54, 1.807) is 19.1 Å². The molecule has 1 aliphatic heterocycles. The maximum atomic E-state index is 13.2. The Morgan fingerprint density at radius 2 is 1.83 bits per heavy atom. The van der Waals surface area contributed by atoms with Gasteiger partial charge in [0.15, 0.2) is 5.69 Å². The topological polar surface area (TPSA) is 66.3 Å². The Kier molecular flexibility index (Phi) is 5.87. The van der Waals surface area contributed by atoms with Gasteiger partial charge in [-0.2, -0.15) is 0 Å². The minimum atomic E-state index is -0.328. The van der Waals surface area contributed by atoms with Crippen LogP contribution in [0.5, 0.6) is 0 Å². The number of likely N-dealkylation sites (N-methyl/N-ethyl adjacent to an activating group) is 1. The van der Waals surface area contributed by atoms with E-state index in [-0.39, 0.29) is 17.4 Å². The number of amides is 1. The average molecular weight is 408 g/mol. The van der Waals surface area contributed by atoms with Crippen molar-refractivity contribution in [3.63, 3.8) is 0 Å². The number of carbonyl (C=O) groups excluding carboxylic acids is 1. The summed E-state index contributed by atoms with van der Waals surface area (Å²) in [6, 6.07) is 13.8. The smallest absolute Gasteiger partial charge is 0.278 e. The second-order valence-corrected chi connectivity index (χ2v) is 7.65. The fraction of sp³-hybridized carbons (Fsp3) is 0.318. The predicted octanol–water partition coefficient (Wildman–Crippen LogP) is 2.71. The van der Waals surface area contributed by atoms with Crippen molar-refractivity contribution in [2.45, 2.75) is 13.5 Å². The van der Waals surface area contributed by atoms with Crippen molar-refractivity contribution in [1.82, 2.24) is 24.8 Å². The first-order chi connectivity index (χ1) is 14.5. The number of anilines is 1. The Hall–Kier alpha value is -3.10. The molecule has 3 aromatic rings. The molecule has 1 fully saturated rings. The zero-order valence-corrected chi connectivity index (χ0v) is 17.2. The molecule has 0 unspecified atom stereocenters. The monoisotopic (exact) mass is 408 g/mol. The van der Waals surface area contributed by atoms with Gasteiger partial charge >= 0.3 is 0 Å². The van der Waals surface area contributed by atoms with Gasteiger partial charge in [0.25, 0.3) is 5.91 Å². The molecule has 1 N–H and O–H groups in total. The van der Waals surface area contributed by atoms with Gasteiger partial charge in [-0.15, -0.1) is 5.10 Å². The number of benzene rings is 2. The highest BCUT2D eigenvalue weighted by Gasteiger charge is 2.18. The van der Waals surface area contributed by atoms with E-state index in [1.807, 2.05) is 18.2 Å². The summed E-state index contributed by atoms with van der Waals surface area (Å²) in [5.74, 6) is -0.649. The molecule has 2 heterocycles. The zero-order chi connectivity index (χ0) is 21.1. The van der Waals surface area contributed by atoms with Gasteiger partial charge in [0.2, 0.25) is 0 Å². The van der Waals surface area contributed by atoms with E-state index in [2.05, 4.69) is 38.5 Å². The fourth-order valence-electron chi connectivity index (χ4n) is 3.57. The number of nitrogens with zero attached hydrogens (tertiary/aromatic N) is 5. The van der Waals surface area contributed by atoms with Crippen LogP contribution in [0.2, 0.25) is 0 Å². The number of rotatable bonds is 5. The van der Waals surface area contributed by atoms with Gasteiger partial charge in [0.05, 0.1) is 11.4 Å². The first-order valence-corrected chi connectivity index (χ1v) is 9.99. The Labute approximate surface area is 175 Å². The average Bonchev–Trinajstić information content (AvgIpc) is 3.12.